The van der Waals surface area contributed by atoms with Crippen LogP contribution in [0.25, 0.3) is 0 Å². The van der Waals surface area contributed by atoms with Gasteiger partial charge in [-0.2, -0.15) is 0 Å². The van der Waals surface area contributed by atoms with E-state index in [0.29, 0.717) is 13.2 Å². The van der Waals surface area contributed by atoms with Gasteiger partial charge in [-0.1, -0.05) is 38.8 Å². The van der Waals surface area contributed by atoms with E-state index >= 15 is 0 Å². The lowest BCUT2D eigenvalue weighted by molar-refractivity contribution is -0.445. The average molecular weight is 339 g/mol. The largest absolute Gasteiger partial charge is 0.462 e. The summed E-state index contributed by atoms with van der Waals surface area (Å²) < 4.78 is 10.3. The van der Waals surface area contributed by atoms with E-state index in [4.69, 9.17) is 19.6 Å². The fourth-order valence-electron chi connectivity index (χ4n) is 1.61. The van der Waals surface area contributed by atoms with Crippen LogP contribution in [0.3, 0.4) is 0 Å². The molecule has 0 amide bonds. The molecule has 0 spiro atoms. The van der Waals surface area contributed by atoms with Gasteiger partial charge in [0.05, 0.1) is 24.3 Å². The number of hydrogen-bond acceptors (Lipinski definition) is 6. The molecule has 0 bridgehead atoms. The molecule has 0 fully saturated rings. The Bertz CT molecular complexity index is 485. The summed E-state index contributed by atoms with van der Waals surface area (Å²) >= 11 is 0. The third-order valence-corrected chi connectivity index (χ3v) is 2.83. The minimum absolute atomic E-state index is 0.269. The summed E-state index contributed by atoms with van der Waals surface area (Å²) in [7, 11) is 0.889. The number of esters is 2. The number of ether oxygens (including phenoxy) is 2. The Morgan fingerprint density at radius 1 is 0.958 bits per heavy atom. The van der Waals surface area contributed by atoms with Gasteiger partial charge in [-0.15, -0.1) is 0 Å². The molecule has 1 rings (SSSR count). The van der Waals surface area contributed by atoms with Crippen molar-refractivity contribution in [1.82, 2.24) is 0 Å². The predicted molar refractivity (Wildman–Crippen MR) is 89.7 cm³/mol. The van der Waals surface area contributed by atoms with E-state index in [-0.39, 0.29) is 11.1 Å². The molecule has 0 radical (unpaired) electrons. The van der Waals surface area contributed by atoms with E-state index in [9.17, 15) is 9.59 Å². The van der Waals surface area contributed by atoms with Crippen LogP contribution >= 0.6 is 0 Å². The number of carbonyl (C=O) groups is 2. The van der Waals surface area contributed by atoms with Crippen molar-refractivity contribution in [3.8, 4) is 0 Å². The Kier molecular flexibility index (Phi) is 11.7. The summed E-state index contributed by atoms with van der Waals surface area (Å²) in [6.07, 6.45) is 3.53. The molecule has 0 N–H and O–H groups in total. The maximum atomic E-state index is 11.9. The Labute approximate surface area is 142 Å². The van der Waals surface area contributed by atoms with Gasteiger partial charge in [-0.05, 0) is 25.0 Å². The molecule has 134 valence electrons. The van der Waals surface area contributed by atoms with E-state index in [1.165, 1.54) is 0 Å². The first-order valence-corrected chi connectivity index (χ1v) is 7.95. The number of nitrogens with zero attached hydrogens (tertiary/aromatic N) is 1. The summed E-state index contributed by atoms with van der Waals surface area (Å²) in [4.78, 5) is 32.2. The molecule has 24 heavy (non-hydrogen) atoms. The highest BCUT2D eigenvalue weighted by Gasteiger charge is 2.18. The van der Waals surface area contributed by atoms with Crippen molar-refractivity contribution in [2.45, 2.75) is 39.5 Å². The lowest BCUT2D eigenvalue weighted by Gasteiger charge is -2.09. The molecule has 7 nitrogen and oxygen atoms in total. The van der Waals surface area contributed by atoms with Gasteiger partial charge in [0.15, 0.2) is 7.05 Å². The van der Waals surface area contributed by atoms with Gasteiger partial charge in [-0.25, -0.2) is 9.59 Å². The number of benzene rings is 1. The summed E-state index contributed by atoms with van der Waals surface area (Å²) in [5.74, 6) is -0.942. The smallest absolute Gasteiger partial charge is 0.339 e. The van der Waals surface area contributed by atoms with Gasteiger partial charge in [0.2, 0.25) is 0 Å². The van der Waals surface area contributed by atoms with Crippen LogP contribution in [-0.4, -0.2) is 37.1 Å². The van der Waals surface area contributed by atoms with E-state index in [0.717, 1.165) is 32.7 Å². The Hall–Kier alpha value is -2.44. The first kappa shape index (κ1) is 21.6. The second-order valence-corrected chi connectivity index (χ2v) is 4.96. The Morgan fingerprint density at radius 3 is 1.58 bits per heavy atom. The maximum absolute atomic E-state index is 11.9. The van der Waals surface area contributed by atoms with Crippen LogP contribution in [0.4, 0.5) is 0 Å². The zero-order chi connectivity index (χ0) is 18.4. The molecule has 0 unspecified atom stereocenters. The molecular weight excluding hydrogens is 314 g/mol. The summed E-state index contributed by atoms with van der Waals surface area (Å²) in [6.45, 7) is 4.78. The van der Waals surface area contributed by atoms with Crippen LogP contribution in [-0.2, 0) is 9.47 Å². The second-order valence-electron chi connectivity index (χ2n) is 4.96. The third kappa shape index (κ3) is 9.55. The number of nitro groups is 1. The van der Waals surface area contributed by atoms with E-state index in [1.54, 1.807) is 24.3 Å². The number of hydrogen-bond donors (Lipinski definition) is 0. The number of rotatable bonds is 8. The molecule has 0 aliphatic carbocycles. The van der Waals surface area contributed by atoms with Gasteiger partial charge >= 0.3 is 11.9 Å². The van der Waals surface area contributed by atoms with Crippen LogP contribution in [0.15, 0.2) is 24.3 Å². The zero-order valence-corrected chi connectivity index (χ0v) is 14.4. The standard InChI is InChI=1S/C16H22O4.CH3NO2/c1-3-5-11-19-15(17)13-9-7-8-10-14(13)16(18)20-12-6-4-2;1-2(3)4/h7-10H,3-6,11-12H2,1-2H3;1H3. The molecule has 0 aliphatic rings. The van der Waals surface area contributed by atoms with Crippen molar-refractivity contribution in [1.29, 1.82) is 0 Å². The first-order chi connectivity index (χ1) is 11.4. The fraction of sp³-hybridized carbons (Fsp3) is 0.529. The molecular formula is C17H25NO6. The SMILES string of the molecule is CCCCOC(=O)c1ccccc1C(=O)OCCCC.C[N+](=O)[O-]. The molecule has 0 saturated carbocycles. The van der Waals surface area contributed by atoms with Gasteiger partial charge in [0.25, 0.3) is 0 Å². The van der Waals surface area contributed by atoms with E-state index in [2.05, 4.69) is 0 Å². The number of unbranched alkanes of at least 4 members (excludes halogenated alkanes) is 2. The summed E-state index contributed by atoms with van der Waals surface area (Å²) in [5, 5.41) is 8.81. The molecule has 0 aliphatic heterocycles. The Morgan fingerprint density at radius 2 is 1.29 bits per heavy atom. The molecule has 0 atom stereocenters. The van der Waals surface area contributed by atoms with Gasteiger partial charge in [0.1, 0.15) is 0 Å². The van der Waals surface area contributed by atoms with Crippen molar-refractivity contribution >= 4 is 11.9 Å². The lowest BCUT2D eigenvalue weighted by atomic mass is 10.1. The Balaban J connectivity index is 0.00000118. The van der Waals surface area contributed by atoms with Crippen molar-refractivity contribution in [3.05, 3.63) is 45.5 Å². The van der Waals surface area contributed by atoms with Crippen LogP contribution in [0, 0.1) is 10.1 Å². The molecule has 7 heteroatoms. The van der Waals surface area contributed by atoms with Crippen LogP contribution in [0.1, 0.15) is 60.2 Å². The minimum atomic E-state index is -0.500. The normalized spacial score (nSPS) is 9.46. The highest BCUT2D eigenvalue weighted by Crippen LogP contribution is 2.12. The summed E-state index contributed by atoms with van der Waals surface area (Å²) in [6, 6.07) is 6.59. The maximum Gasteiger partial charge on any atom is 0.339 e. The van der Waals surface area contributed by atoms with Crippen molar-refractivity contribution in [3.63, 3.8) is 0 Å². The van der Waals surface area contributed by atoms with Gasteiger partial charge in [-0.3, -0.25) is 10.1 Å². The van der Waals surface area contributed by atoms with Gasteiger partial charge < -0.3 is 9.47 Å². The van der Waals surface area contributed by atoms with E-state index < -0.39 is 16.9 Å². The average Bonchev–Trinajstić information content (AvgIpc) is 2.54. The van der Waals surface area contributed by atoms with Crippen molar-refractivity contribution in [2.75, 3.05) is 20.3 Å². The van der Waals surface area contributed by atoms with Crippen LogP contribution in [0.2, 0.25) is 0 Å². The van der Waals surface area contributed by atoms with Crippen LogP contribution < -0.4 is 0 Å². The molecule has 0 saturated heterocycles. The number of carbonyl (C=O) groups excluding carboxylic acids is 2. The third-order valence-electron chi connectivity index (χ3n) is 2.83. The van der Waals surface area contributed by atoms with Crippen molar-refractivity contribution < 1.29 is 24.0 Å². The first-order valence-electron chi connectivity index (χ1n) is 7.95. The quantitative estimate of drug-likeness (QED) is 0.311. The highest BCUT2D eigenvalue weighted by atomic mass is 16.6. The second kappa shape index (κ2) is 13.0. The van der Waals surface area contributed by atoms with Crippen LogP contribution in [0.5, 0.6) is 0 Å². The molecule has 1 aromatic carbocycles. The van der Waals surface area contributed by atoms with Gasteiger partial charge in [0, 0.05) is 4.92 Å². The fourth-order valence-corrected chi connectivity index (χ4v) is 1.61. The van der Waals surface area contributed by atoms with Crippen molar-refractivity contribution in [2.24, 2.45) is 0 Å². The lowest BCUT2D eigenvalue weighted by Crippen LogP contribution is -2.14. The summed E-state index contributed by atoms with van der Waals surface area (Å²) in [5.41, 5.74) is 0.537. The minimum Gasteiger partial charge on any atom is -0.462 e. The molecule has 1 aromatic rings. The monoisotopic (exact) mass is 339 g/mol. The highest BCUT2D eigenvalue weighted by molar-refractivity contribution is 6.03. The predicted octanol–water partition coefficient (Wildman–Crippen LogP) is 3.49. The zero-order valence-electron chi connectivity index (χ0n) is 14.4. The van der Waals surface area contributed by atoms with E-state index in [1.807, 2.05) is 13.8 Å². The molecule has 0 aromatic heterocycles. The molecule has 0 heterocycles. The topological polar surface area (TPSA) is 95.7 Å².